The highest BCUT2D eigenvalue weighted by molar-refractivity contribution is 6.04. The lowest BCUT2D eigenvalue weighted by atomic mass is 9.77. The number of nitrogens with zero attached hydrogens (tertiary/aromatic N) is 3. The number of rotatable bonds is 4. The topological polar surface area (TPSA) is 36.4 Å². The smallest absolute Gasteiger partial charge is 0.255 e. The fourth-order valence-corrected chi connectivity index (χ4v) is 5.29. The van der Waals surface area contributed by atoms with Crippen LogP contribution in [-0.4, -0.2) is 46.9 Å². The van der Waals surface area contributed by atoms with Gasteiger partial charge in [0.15, 0.2) is 0 Å². The van der Waals surface area contributed by atoms with Crippen molar-refractivity contribution >= 4 is 5.91 Å². The Bertz CT molecular complexity index is 870. The number of amides is 1. The van der Waals surface area contributed by atoms with Crippen molar-refractivity contribution in [3.05, 3.63) is 53.3 Å². The summed E-state index contributed by atoms with van der Waals surface area (Å²) < 4.78 is 0. The van der Waals surface area contributed by atoms with E-state index in [-0.39, 0.29) is 5.91 Å². The fourth-order valence-electron chi connectivity index (χ4n) is 5.29. The molecule has 1 unspecified atom stereocenters. The van der Waals surface area contributed by atoms with E-state index in [4.69, 9.17) is 0 Å². The van der Waals surface area contributed by atoms with Gasteiger partial charge in [-0.3, -0.25) is 9.78 Å². The molecule has 4 aliphatic rings. The van der Waals surface area contributed by atoms with Crippen LogP contribution >= 0.6 is 0 Å². The van der Waals surface area contributed by atoms with E-state index in [1.54, 1.807) is 0 Å². The minimum atomic E-state index is 0.205. The van der Waals surface area contributed by atoms with E-state index in [1.165, 1.54) is 38.0 Å². The summed E-state index contributed by atoms with van der Waals surface area (Å²) in [6.45, 7) is 7.44. The van der Waals surface area contributed by atoms with Crippen molar-refractivity contribution in [2.24, 2.45) is 11.8 Å². The van der Waals surface area contributed by atoms with E-state index in [0.717, 1.165) is 53.7 Å². The van der Waals surface area contributed by atoms with Gasteiger partial charge in [0, 0.05) is 31.5 Å². The Kier molecular flexibility index (Phi) is 4.24. The van der Waals surface area contributed by atoms with Gasteiger partial charge in [-0.15, -0.1) is 0 Å². The van der Waals surface area contributed by atoms with Gasteiger partial charge in [0.05, 0.1) is 5.56 Å². The summed E-state index contributed by atoms with van der Waals surface area (Å²) in [5, 5.41) is 0. The first-order valence-electron chi connectivity index (χ1n) is 10.3. The summed E-state index contributed by atoms with van der Waals surface area (Å²) in [7, 11) is 0. The number of hydrogen-bond acceptors (Lipinski definition) is 3. The molecule has 5 heterocycles. The van der Waals surface area contributed by atoms with E-state index in [0.29, 0.717) is 0 Å². The molecule has 0 radical (unpaired) electrons. The number of fused-ring (bicyclic) bond motifs is 4. The van der Waals surface area contributed by atoms with Gasteiger partial charge in [0.2, 0.25) is 0 Å². The van der Waals surface area contributed by atoms with Gasteiger partial charge in [-0.25, -0.2) is 0 Å². The Morgan fingerprint density at radius 2 is 2.04 bits per heavy atom. The highest BCUT2D eigenvalue weighted by Gasteiger charge is 2.35. The third kappa shape index (κ3) is 3.06. The molecule has 1 atom stereocenters. The molecule has 4 nitrogen and oxygen atoms in total. The van der Waals surface area contributed by atoms with Crippen molar-refractivity contribution in [1.82, 2.24) is 14.8 Å². The van der Waals surface area contributed by atoms with Gasteiger partial charge < -0.3 is 9.80 Å². The highest BCUT2D eigenvalue weighted by Crippen LogP contribution is 2.36. The van der Waals surface area contributed by atoms with Gasteiger partial charge in [0.1, 0.15) is 0 Å². The molecule has 0 spiro atoms. The molecule has 3 fully saturated rings. The first-order valence-corrected chi connectivity index (χ1v) is 10.3. The molecule has 4 aliphatic heterocycles. The van der Waals surface area contributed by atoms with Gasteiger partial charge in [0.25, 0.3) is 5.91 Å². The number of carbonyl (C=O) groups excluding carboxylic acids is 1. The molecular weight excluding hydrogens is 334 g/mol. The summed E-state index contributed by atoms with van der Waals surface area (Å²) >= 11 is 0. The number of aromatic nitrogens is 1. The van der Waals surface area contributed by atoms with E-state index in [1.807, 2.05) is 19.2 Å². The molecule has 0 N–H and O–H groups in total. The third-order valence-corrected chi connectivity index (χ3v) is 6.78. The number of carbonyl (C=O) groups is 1. The maximum absolute atomic E-state index is 13.2. The van der Waals surface area contributed by atoms with Crippen LogP contribution in [0.25, 0.3) is 11.1 Å². The maximum atomic E-state index is 13.2. The van der Waals surface area contributed by atoms with Gasteiger partial charge in [-0.05, 0) is 79.9 Å². The molecular formula is C23H27N3O. The van der Waals surface area contributed by atoms with Crippen LogP contribution in [-0.2, 0) is 6.54 Å². The monoisotopic (exact) mass is 361 g/mol. The lowest BCUT2D eigenvalue weighted by Gasteiger charge is -2.45. The quantitative estimate of drug-likeness (QED) is 0.832. The minimum absolute atomic E-state index is 0.205. The molecule has 0 aliphatic carbocycles. The first-order chi connectivity index (χ1) is 13.2. The first kappa shape index (κ1) is 16.9. The molecule has 4 heteroatoms. The molecule has 6 rings (SSSR count). The van der Waals surface area contributed by atoms with Gasteiger partial charge in [-0.2, -0.15) is 0 Å². The Morgan fingerprint density at radius 3 is 2.78 bits per heavy atom. The van der Waals surface area contributed by atoms with Gasteiger partial charge >= 0.3 is 0 Å². The summed E-state index contributed by atoms with van der Waals surface area (Å²) in [5.74, 6) is 1.85. The van der Waals surface area contributed by atoms with Crippen LogP contribution in [0, 0.1) is 18.8 Å². The van der Waals surface area contributed by atoms with Crippen molar-refractivity contribution in [2.75, 3.05) is 26.2 Å². The Hall–Kier alpha value is -2.20. The standard InChI is InChI=1S/C23H27N3O/c1-16-13-18(5-9-24-16)21-4-2-3-20-15-26(23(27)22(20)21)12-8-19-14-25-10-6-17(19)7-11-25/h2-5,9,13,17,19H,6-8,10-12,14-15H2,1H3. The average molecular weight is 361 g/mol. The number of benzene rings is 1. The SMILES string of the molecule is Cc1cc(-c2cccc3c2C(=O)N(CCC2CN4CCC2CC4)C3)ccn1. The van der Waals surface area contributed by atoms with Crippen LogP contribution in [0.4, 0.5) is 0 Å². The molecule has 1 aromatic carbocycles. The summed E-state index contributed by atoms with van der Waals surface area (Å²) in [6, 6.07) is 10.3. The number of aryl methyl sites for hydroxylation is 1. The van der Waals surface area contributed by atoms with Crippen LogP contribution in [0.1, 0.15) is 40.9 Å². The van der Waals surface area contributed by atoms with Crippen molar-refractivity contribution in [3.8, 4) is 11.1 Å². The molecule has 3 saturated heterocycles. The molecule has 27 heavy (non-hydrogen) atoms. The lowest BCUT2D eigenvalue weighted by Crippen LogP contribution is -2.48. The predicted octanol–water partition coefficient (Wildman–Crippen LogP) is 3.74. The Morgan fingerprint density at radius 1 is 1.19 bits per heavy atom. The fraction of sp³-hybridized carbons (Fsp3) is 0.478. The predicted molar refractivity (Wildman–Crippen MR) is 106 cm³/mol. The summed E-state index contributed by atoms with van der Waals surface area (Å²) in [5.41, 5.74) is 5.19. The largest absolute Gasteiger partial charge is 0.334 e. The summed E-state index contributed by atoms with van der Waals surface area (Å²) in [6.07, 6.45) is 5.67. The molecule has 2 bridgehead atoms. The van der Waals surface area contributed by atoms with E-state index < -0.39 is 0 Å². The van der Waals surface area contributed by atoms with Crippen LogP contribution in [0.2, 0.25) is 0 Å². The van der Waals surface area contributed by atoms with Crippen molar-refractivity contribution < 1.29 is 4.79 Å². The second-order valence-corrected chi connectivity index (χ2v) is 8.44. The van der Waals surface area contributed by atoms with Crippen molar-refractivity contribution in [3.63, 3.8) is 0 Å². The molecule has 1 aromatic heterocycles. The zero-order valence-corrected chi connectivity index (χ0v) is 16.0. The van der Waals surface area contributed by atoms with E-state index in [9.17, 15) is 4.79 Å². The van der Waals surface area contributed by atoms with Gasteiger partial charge in [-0.1, -0.05) is 18.2 Å². The molecule has 1 amide bonds. The highest BCUT2D eigenvalue weighted by atomic mass is 16.2. The lowest BCUT2D eigenvalue weighted by molar-refractivity contribution is 0.0395. The average Bonchev–Trinajstić information content (AvgIpc) is 3.03. The van der Waals surface area contributed by atoms with Crippen molar-refractivity contribution in [1.29, 1.82) is 0 Å². The summed E-state index contributed by atoms with van der Waals surface area (Å²) in [4.78, 5) is 22.2. The van der Waals surface area contributed by atoms with Crippen molar-refractivity contribution in [2.45, 2.75) is 32.7 Å². The Balaban J connectivity index is 1.34. The molecule has 0 saturated carbocycles. The number of pyridine rings is 1. The third-order valence-electron chi connectivity index (χ3n) is 6.78. The van der Waals surface area contributed by atoms with Crippen LogP contribution in [0.5, 0.6) is 0 Å². The molecule has 2 aromatic rings. The zero-order chi connectivity index (χ0) is 18.4. The number of piperidine rings is 3. The zero-order valence-electron chi connectivity index (χ0n) is 16.0. The second-order valence-electron chi connectivity index (χ2n) is 8.44. The van der Waals surface area contributed by atoms with Crippen LogP contribution in [0.3, 0.4) is 0 Å². The van der Waals surface area contributed by atoms with Crippen LogP contribution in [0.15, 0.2) is 36.5 Å². The van der Waals surface area contributed by atoms with Crippen LogP contribution < -0.4 is 0 Å². The Labute approximate surface area is 161 Å². The normalized spacial score (nSPS) is 26.5. The number of hydrogen-bond donors (Lipinski definition) is 0. The van der Waals surface area contributed by atoms with E-state index in [2.05, 4.69) is 39.0 Å². The second kappa shape index (κ2) is 6.75. The van der Waals surface area contributed by atoms with E-state index >= 15 is 0 Å². The minimum Gasteiger partial charge on any atom is -0.334 e. The molecule has 140 valence electrons. The maximum Gasteiger partial charge on any atom is 0.255 e.